The van der Waals surface area contributed by atoms with Crippen molar-refractivity contribution in [2.45, 2.75) is 32.6 Å². The smallest absolute Gasteiger partial charge is 0.255 e. The van der Waals surface area contributed by atoms with Crippen molar-refractivity contribution in [1.29, 1.82) is 0 Å². The number of rotatable bonds is 9. The summed E-state index contributed by atoms with van der Waals surface area (Å²) in [6, 6.07) is 10.7. The molecule has 8 nitrogen and oxygen atoms in total. The zero-order valence-corrected chi connectivity index (χ0v) is 19.1. The van der Waals surface area contributed by atoms with Gasteiger partial charge in [0.2, 0.25) is 20.0 Å². The number of benzene rings is 2. The van der Waals surface area contributed by atoms with Crippen molar-refractivity contribution >= 4 is 37.3 Å². The molecule has 0 aliphatic rings. The lowest BCUT2D eigenvalue weighted by atomic mass is 10.1. The molecule has 0 saturated carbocycles. The lowest BCUT2D eigenvalue weighted by Gasteiger charge is -2.20. The number of anilines is 2. The van der Waals surface area contributed by atoms with Gasteiger partial charge in [-0.05, 0) is 55.8 Å². The molecule has 0 atom stereocenters. The van der Waals surface area contributed by atoms with Crippen molar-refractivity contribution < 1.29 is 21.6 Å². The van der Waals surface area contributed by atoms with Crippen LogP contribution in [0.15, 0.2) is 47.4 Å². The maximum atomic E-state index is 12.9. The number of sulfonamides is 2. The van der Waals surface area contributed by atoms with Crippen molar-refractivity contribution in [3.8, 4) is 0 Å². The minimum atomic E-state index is -3.70. The summed E-state index contributed by atoms with van der Waals surface area (Å²) in [5, 5.41) is 2.69. The molecule has 2 aromatic carbocycles. The molecule has 30 heavy (non-hydrogen) atoms. The van der Waals surface area contributed by atoms with Crippen LogP contribution in [0.2, 0.25) is 0 Å². The van der Waals surface area contributed by atoms with Crippen LogP contribution in [0.1, 0.15) is 36.7 Å². The molecule has 2 aromatic rings. The van der Waals surface area contributed by atoms with Crippen LogP contribution in [-0.4, -0.2) is 45.9 Å². The van der Waals surface area contributed by atoms with Crippen molar-refractivity contribution in [1.82, 2.24) is 4.31 Å². The highest BCUT2D eigenvalue weighted by molar-refractivity contribution is 7.92. The molecule has 0 aliphatic carbocycles. The summed E-state index contributed by atoms with van der Waals surface area (Å²) in [5.74, 6) is -0.509. The summed E-state index contributed by atoms with van der Waals surface area (Å²) in [4.78, 5) is 12.7. The molecule has 0 bridgehead atoms. The zero-order valence-electron chi connectivity index (χ0n) is 17.5. The second kappa shape index (κ2) is 9.59. The predicted molar refractivity (Wildman–Crippen MR) is 119 cm³/mol. The maximum absolute atomic E-state index is 12.9. The number of carbonyl (C=O) groups is 1. The molecular formula is C20H27N3O5S2. The van der Waals surface area contributed by atoms with E-state index in [1.807, 2.05) is 0 Å². The van der Waals surface area contributed by atoms with Crippen LogP contribution in [0.5, 0.6) is 0 Å². The van der Waals surface area contributed by atoms with E-state index in [1.54, 1.807) is 45.0 Å². The van der Waals surface area contributed by atoms with Gasteiger partial charge in [0, 0.05) is 30.0 Å². The highest BCUT2D eigenvalue weighted by Gasteiger charge is 2.24. The molecule has 0 unspecified atom stereocenters. The summed E-state index contributed by atoms with van der Waals surface area (Å²) in [6.07, 6.45) is 0. The fourth-order valence-electron chi connectivity index (χ4n) is 2.80. The minimum absolute atomic E-state index is 0.0440. The first-order chi connectivity index (χ1) is 14.0. The Balaban J connectivity index is 2.24. The fourth-order valence-corrected chi connectivity index (χ4v) is 5.15. The number of aryl methyl sites for hydroxylation is 1. The van der Waals surface area contributed by atoms with Crippen LogP contribution in [0.4, 0.5) is 11.4 Å². The van der Waals surface area contributed by atoms with E-state index >= 15 is 0 Å². The Morgan fingerprint density at radius 1 is 0.900 bits per heavy atom. The summed E-state index contributed by atoms with van der Waals surface area (Å²) in [6.45, 7) is 7.42. The lowest BCUT2D eigenvalue weighted by molar-refractivity contribution is 0.102. The van der Waals surface area contributed by atoms with E-state index in [0.29, 0.717) is 30.0 Å². The standard InChI is InChI=1S/C20H27N3O5S2/c1-5-23(6-2)30(27,28)19-14-16(9-8-15(19)4)20(24)21-17-10-12-18(13-11-17)22-29(25,26)7-3/h8-14,22H,5-7H2,1-4H3,(H,21,24). The lowest BCUT2D eigenvalue weighted by Crippen LogP contribution is -2.31. The van der Waals surface area contributed by atoms with Crippen LogP contribution in [-0.2, 0) is 20.0 Å². The normalized spacial score (nSPS) is 12.0. The van der Waals surface area contributed by atoms with E-state index in [4.69, 9.17) is 0 Å². The van der Waals surface area contributed by atoms with Crippen molar-refractivity contribution in [2.24, 2.45) is 0 Å². The molecule has 1 amide bonds. The first-order valence-corrected chi connectivity index (χ1v) is 12.7. The third kappa shape index (κ3) is 5.59. The molecule has 164 valence electrons. The average Bonchev–Trinajstić information content (AvgIpc) is 2.70. The summed E-state index contributed by atoms with van der Waals surface area (Å²) < 4.78 is 52.7. The number of nitrogens with zero attached hydrogens (tertiary/aromatic N) is 1. The Hall–Kier alpha value is -2.43. The van der Waals surface area contributed by atoms with E-state index < -0.39 is 26.0 Å². The van der Waals surface area contributed by atoms with Crippen molar-refractivity contribution in [2.75, 3.05) is 28.9 Å². The monoisotopic (exact) mass is 453 g/mol. The maximum Gasteiger partial charge on any atom is 0.255 e. The second-order valence-corrected chi connectivity index (χ2v) is 10.5. The molecule has 2 N–H and O–H groups in total. The highest BCUT2D eigenvalue weighted by Crippen LogP contribution is 2.22. The number of hydrogen-bond donors (Lipinski definition) is 2. The largest absolute Gasteiger partial charge is 0.322 e. The van der Waals surface area contributed by atoms with Gasteiger partial charge < -0.3 is 5.32 Å². The van der Waals surface area contributed by atoms with Gasteiger partial charge in [-0.1, -0.05) is 19.9 Å². The molecule has 0 heterocycles. The number of hydrogen-bond acceptors (Lipinski definition) is 5. The average molecular weight is 454 g/mol. The third-order valence-electron chi connectivity index (χ3n) is 4.57. The fraction of sp³-hybridized carbons (Fsp3) is 0.350. The molecule has 0 fully saturated rings. The quantitative estimate of drug-likeness (QED) is 0.606. The number of amides is 1. The Morgan fingerprint density at radius 3 is 2.00 bits per heavy atom. The third-order valence-corrected chi connectivity index (χ3v) is 8.07. The molecule has 2 rings (SSSR count). The van der Waals surface area contributed by atoms with E-state index in [9.17, 15) is 21.6 Å². The Labute approximate surface area is 178 Å². The van der Waals surface area contributed by atoms with Crippen LogP contribution in [0.3, 0.4) is 0 Å². The Bertz CT molecular complexity index is 1110. The van der Waals surface area contributed by atoms with Crippen molar-refractivity contribution in [3.63, 3.8) is 0 Å². The van der Waals surface area contributed by atoms with Crippen LogP contribution in [0, 0.1) is 6.92 Å². The Morgan fingerprint density at radius 2 is 1.47 bits per heavy atom. The first-order valence-electron chi connectivity index (χ1n) is 9.56. The van der Waals surface area contributed by atoms with Crippen LogP contribution < -0.4 is 10.0 Å². The summed E-state index contributed by atoms with van der Waals surface area (Å²) >= 11 is 0. The van der Waals surface area contributed by atoms with Gasteiger partial charge in [0.1, 0.15) is 0 Å². The topological polar surface area (TPSA) is 113 Å². The van der Waals surface area contributed by atoms with Gasteiger partial charge in [-0.25, -0.2) is 16.8 Å². The van der Waals surface area contributed by atoms with E-state index in [-0.39, 0.29) is 16.2 Å². The van der Waals surface area contributed by atoms with Gasteiger partial charge in [-0.3, -0.25) is 9.52 Å². The van der Waals surface area contributed by atoms with Gasteiger partial charge in [-0.2, -0.15) is 4.31 Å². The summed E-state index contributed by atoms with van der Waals surface area (Å²) in [7, 11) is -7.08. The zero-order chi connectivity index (χ0) is 22.5. The van der Waals surface area contributed by atoms with Gasteiger partial charge in [0.05, 0.1) is 10.6 Å². The SMILES string of the molecule is CCN(CC)S(=O)(=O)c1cc(C(=O)Nc2ccc(NS(=O)(=O)CC)cc2)ccc1C. The molecular weight excluding hydrogens is 426 g/mol. The van der Waals surface area contributed by atoms with Crippen molar-refractivity contribution in [3.05, 3.63) is 53.6 Å². The van der Waals surface area contributed by atoms with Gasteiger partial charge in [0.25, 0.3) is 5.91 Å². The number of carbonyl (C=O) groups excluding carboxylic acids is 1. The van der Waals surface area contributed by atoms with Crippen LogP contribution in [0.25, 0.3) is 0 Å². The number of nitrogens with one attached hydrogen (secondary N) is 2. The molecule has 0 aromatic heterocycles. The minimum Gasteiger partial charge on any atom is -0.322 e. The Kier molecular flexibility index (Phi) is 7.62. The second-order valence-electron chi connectivity index (χ2n) is 6.61. The van der Waals surface area contributed by atoms with Gasteiger partial charge in [0.15, 0.2) is 0 Å². The van der Waals surface area contributed by atoms with E-state index in [2.05, 4.69) is 10.0 Å². The molecule has 0 aliphatic heterocycles. The van der Waals surface area contributed by atoms with Gasteiger partial charge in [-0.15, -0.1) is 0 Å². The summed E-state index contributed by atoms with van der Waals surface area (Å²) in [5.41, 5.74) is 1.61. The highest BCUT2D eigenvalue weighted by atomic mass is 32.2. The predicted octanol–water partition coefficient (Wildman–Crippen LogP) is 3.04. The van der Waals surface area contributed by atoms with E-state index in [0.717, 1.165) is 0 Å². The molecule has 0 radical (unpaired) electrons. The van der Waals surface area contributed by atoms with Crippen LogP contribution >= 0.6 is 0 Å². The van der Waals surface area contributed by atoms with E-state index in [1.165, 1.54) is 29.4 Å². The molecule has 0 saturated heterocycles. The first kappa shape index (κ1) is 23.8. The molecule has 10 heteroatoms. The van der Waals surface area contributed by atoms with Gasteiger partial charge >= 0.3 is 0 Å². The molecule has 0 spiro atoms.